The number of alkyl halides is 3. The van der Waals surface area contributed by atoms with Crippen LogP contribution in [0.3, 0.4) is 0 Å². The van der Waals surface area contributed by atoms with Gasteiger partial charge in [0.05, 0.1) is 18.0 Å². The first-order valence-electron chi connectivity index (χ1n) is 8.57. The monoisotopic (exact) mass is 444 g/mol. The number of rotatable bonds is 4. The number of aromatic nitrogens is 1. The van der Waals surface area contributed by atoms with Gasteiger partial charge in [0.15, 0.2) is 5.82 Å². The molecule has 2 aliphatic heterocycles. The Balaban J connectivity index is 0.000000370. The lowest BCUT2D eigenvalue weighted by atomic mass is 9.86. The van der Waals surface area contributed by atoms with E-state index in [1.165, 1.54) is 22.6 Å². The summed E-state index contributed by atoms with van der Waals surface area (Å²) < 4.78 is 81.8. The minimum absolute atomic E-state index is 0.0121. The normalized spacial score (nSPS) is 21.6. The minimum Gasteiger partial charge on any atom is -0.475 e. The number of aliphatic carboxylic acids is 1. The van der Waals surface area contributed by atoms with E-state index in [-0.39, 0.29) is 17.7 Å². The topological polar surface area (TPSA) is 106 Å². The SMILES string of the molecule is CCS(=O)(=O)N1CC2(CC(Oc3ncccc3F)CCO2)C1.O=C(O)C(F)(F)F. The first-order chi connectivity index (χ1) is 13.4. The van der Waals surface area contributed by atoms with Crippen molar-refractivity contribution in [2.24, 2.45) is 0 Å². The zero-order valence-electron chi connectivity index (χ0n) is 15.4. The molecule has 0 saturated carbocycles. The Hall–Kier alpha value is -1.99. The third-order valence-corrected chi connectivity index (χ3v) is 6.16. The van der Waals surface area contributed by atoms with Gasteiger partial charge in [-0.25, -0.2) is 22.6 Å². The number of hydrogen-bond donors (Lipinski definition) is 1. The van der Waals surface area contributed by atoms with E-state index in [1.54, 1.807) is 6.92 Å². The van der Waals surface area contributed by atoms with Gasteiger partial charge in [-0.1, -0.05) is 0 Å². The summed E-state index contributed by atoms with van der Waals surface area (Å²) in [5.74, 6) is -3.18. The number of ether oxygens (including phenoxy) is 2. The third kappa shape index (κ3) is 6.00. The number of nitrogens with zero attached hydrogens (tertiary/aromatic N) is 2. The first-order valence-corrected chi connectivity index (χ1v) is 10.2. The molecule has 1 aromatic rings. The van der Waals surface area contributed by atoms with Crippen LogP contribution in [-0.2, 0) is 19.6 Å². The maximum absolute atomic E-state index is 13.6. The van der Waals surface area contributed by atoms with Gasteiger partial charge in [-0.3, -0.25) is 0 Å². The van der Waals surface area contributed by atoms with Crippen molar-refractivity contribution in [2.75, 3.05) is 25.4 Å². The molecule has 164 valence electrons. The molecule has 0 bridgehead atoms. The summed E-state index contributed by atoms with van der Waals surface area (Å²) in [7, 11) is -3.18. The van der Waals surface area contributed by atoms with E-state index in [9.17, 15) is 26.0 Å². The fraction of sp³-hybridized carbons (Fsp3) is 0.625. The number of halogens is 4. The maximum Gasteiger partial charge on any atom is 0.490 e. The van der Waals surface area contributed by atoms with Crippen molar-refractivity contribution in [1.82, 2.24) is 9.29 Å². The van der Waals surface area contributed by atoms with E-state index in [0.717, 1.165) is 0 Å². The molecule has 8 nitrogen and oxygen atoms in total. The molecule has 29 heavy (non-hydrogen) atoms. The molecular weight excluding hydrogens is 424 g/mol. The van der Waals surface area contributed by atoms with Crippen molar-refractivity contribution in [2.45, 2.75) is 37.6 Å². The van der Waals surface area contributed by atoms with E-state index in [1.807, 2.05) is 0 Å². The van der Waals surface area contributed by atoms with Gasteiger partial charge in [-0.2, -0.15) is 17.5 Å². The fourth-order valence-corrected chi connectivity index (χ4v) is 4.12. The number of hydrogen-bond acceptors (Lipinski definition) is 6. The van der Waals surface area contributed by atoms with Crippen molar-refractivity contribution >= 4 is 16.0 Å². The van der Waals surface area contributed by atoms with Gasteiger partial charge < -0.3 is 14.6 Å². The summed E-state index contributed by atoms with van der Waals surface area (Å²) in [6.45, 7) is 2.78. The van der Waals surface area contributed by atoms with E-state index >= 15 is 0 Å². The van der Waals surface area contributed by atoms with E-state index in [0.29, 0.717) is 32.5 Å². The van der Waals surface area contributed by atoms with Crippen molar-refractivity contribution in [1.29, 1.82) is 0 Å². The van der Waals surface area contributed by atoms with Gasteiger partial charge in [0.25, 0.3) is 5.88 Å². The number of carboxylic acids is 1. The zero-order chi connectivity index (χ0) is 21.9. The molecule has 1 aromatic heterocycles. The highest BCUT2D eigenvalue weighted by atomic mass is 32.2. The average molecular weight is 444 g/mol. The molecule has 2 fully saturated rings. The molecule has 1 N–H and O–H groups in total. The van der Waals surface area contributed by atoms with E-state index < -0.39 is 33.6 Å². The van der Waals surface area contributed by atoms with Crippen molar-refractivity contribution in [3.8, 4) is 5.88 Å². The highest BCUT2D eigenvalue weighted by molar-refractivity contribution is 7.89. The second kappa shape index (κ2) is 8.79. The van der Waals surface area contributed by atoms with E-state index in [4.69, 9.17) is 19.4 Å². The number of carboxylic acid groups (broad SMARTS) is 1. The summed E-state index contributed by atoms with van der Waals surface area (Å²) in [4.78, 5) is 12.8. The van der Waals surface area contributed by atoms with Crippen LogP contribution < -0.4 is 4.74 Å². The number of carbonyl (C=O) groups is 1. The lowest BCUT2D eigenvalue weighted by molar-refractivity contribution is -0.192. The highest BCUT2D eigenvalue weighted by Crippen LogP contribution is 2.37. The Kier molecular flexibility index (Phi) is 7.06. The molecule has 1 atom stereocenters. The first kappa shape index (κ1) is 23.3. The summed E-state index contributed by atoms with van der Waals surface area (Å²) in [6.07, 6.45) is -2.65. The van der Waals surface area contributed by atoms with Gasteiger partial charge in [0.1, 0.15) is 6.10 Å². The van der Waals surface area contributed by atoms with Crippen LogP contribution in [-0.4, -0.2) is 72.1 Å². The third-order valence-electron chi connectivity index (χ3n) is 4.38. The fourth-order valence-electron chi connectivity index (χ4n) is 2.90. The van der Waals surface area contributed by atoms with Crippen molar-refractivity contribution in [3.05, 3.63) is 24.1 Å². The molecule has 3 rings (SSSR count). The Morgan fingerprint density at radius 1 is 1.45 bits per heavy atom. The second-order valence-electron chi connectivity index (χ2n) is 6.53. The minimum atomic E-state index is -5.08. The number of sulfonamides is 1. The van der Waals surface area contributed by atoms with E-state index in [2.05, 4.69) is 4.98 Å². The van der Waals surface area contributed by atoms with Gasteiger partial charge in [-0.05, 0) is 19.1 Å². The standard InChI is InChI=1S/C14H19FN2O4S.C2HF3O2/c1-2-22(18,19)17-9-14(10-17)8-11(5-7-20-14)21-13-12(15)4-3-6-16-13;3-2(4,5)1(6)7/h3-4,6,11H,2,5,7-10H2,1H3;(H,6,7). The van der Waals surface area contributed by atoms with Crippen LogP contribution in [0.25, 0.3) is 0 Å². The molecule has 3 heterocycles. The van der Waals surface area contributed by atoms with Crippen LogP contribution in [0.4, 0.5) is 17.6 Å². The molecule has 0 aromatic carbocycles. The molecule has 13 heteroatoms. The molecule has 0 radical (unpaired) electrons. The number of pyridine rings is 1. The molecule has 0 aliphatic carbocycles. The van der Waals surface area contributed by atoms with Crippen LogP contribution in [0.1, 0.15) is 19.8 Å². The molecule has 1 unspecified atom stereocenters. The van der Waals surface area contributed by atoms with Crippen LogP contribution >= 0.6 is 0 Å². The van der Waals surface area contributed by atoms with Crippen LogP contribution in [0.15, 0.2) is 18.3 Å². The van der Waals surface area contributed by atoms with Crippen molar-refractivity contribution in [3.63, 3.8) is 0 Å². The largest absolute Gasteiger partial charge is 0.490 e. The summed E-state index contributed by atoms with van der Waals surface area (Å²) >= 11 is 0. The van der Waals surface area contributed by atoms with Gasteiger partial charge in [0, 0.05) is 32.1 Å². The smallest absolute Gasteiger partial charge is 0.475 e. The molecule has 2 aliphatic rings. The van der Waals surface area contributed by atoms with Gasteiger partial charge in [0.2, 0.25) is 10.0 Å². The maximum atomic E-state index is 13.6. The molecular formula is C16H20F4N2O6S. The van der Waals surface area contributed by atoms with Crippen LogP contribution in [0.5, 0.6) is 5.88 Å². The zero-order valence-corrected chi connectivity index (χ0v) is 16.2. The predicted molar refractivity (Wildman–Crippen MR) is 91.3 cm³/mol. The predicted octanol–water partition coefficient (Wildman–Crippen LogP) is 1.82. The lowest BCUT2D eigenvalue weighted by Gasteiger charge is -2.51. The Morgan fingerprint density at radius 3 is 2.59 bits per heavy atom. The lowest BCUT2D eigenvalue weighted by Crippen LogP contribution is -2.67. The van der Waals surface area contributed by atoms with Crippen LogP contribution in [0.2, 0.25) is 0 Å². The summed E-state index contributed by atoms with van der Waals surface area (Å²) in [5, 5.41) is 7.12. The molecule has 0 amide bonds. The van der Waals surface area contributed by atoms with Gasteiger partial charge in [-0.15, -0.1) is 0 Å². The second-order valence-corrected chi connectivity index (χ2v) is 8.78. The van der Waals surface area contributed by atoms with Crippen molar-refractivity contribution < 1.29 is 45.4 Å². The summed E-state index contributed by atoms with van der Waals surface area (Å²) in [6, 6.07) is 2.81. The highest BCUT2D eigenvalue weighted by Gasteiger charge is 2.51. The quantitative estimate of drug-likeness (QED) is 0.706. The van der Waals surface area contributed by atoms with Gasteiger partial charge >= 0.3 is 12.1 Å². The molecule has 1 spiro atoms. The Bertz CT molecular complexity index is 827. The Morgan fingerprint density at radius 2 is 2.07 bits per heavy atom. The van der Waals surface area contributed by atoms with Crippen LogP contribution in [0, 0.1) is 5.82 Å². The average Bonchev–Trinajstić information content (AvgIpc) is 2.61. The molecule has 2 saturated heterocycles. The Labute approximate surface area is 164 Å². The summed E-state index contributed by atoms with van der Waals surface area (Å²) in [5.41, 5.74) is -0.504.